The van der Waals surface area contributed by atoms with Crippen molar-refractivity contribution in [3.8, 4) is 0 Å². The number of hydrogen-bond donors (Lipinski definition) is 1. The zero-order valence-electron chi connectivity index (χ0n) is 11.2. The standard InChI is InChI=1S/C14H20N4/c1-4-14-17-13(11(3)15)9-18(14)8-12-5-10(2)6-16-7-12/h5-7,9,11H,4,8,15H2,1-3H3. The molecule has 2 heterocycles. The van der Waals surface area contributed by atoms with Crippen molar-refractivity contribution in [2.45, 2.75) is 39.8 Å². The van der Waals surface area contributed by atoms with E-state index >= 15 is 0 Å². The highest BCUT2D eigenvalue weighted by atomic mass is 15.1. The molecule has 0 radical (unpaired) electrons. The van der Waals surface area contributed by atoms with Gasteiger partial charge in [-0.25, -0.2) is 4.98 Å². The molecule has 4 heteroatoms. The SMILES string of the molecule is CCc1nc(C(C)N)cn1Cc1cncc(C)c1. The van der Waals surface area contributed by atoms with Crippen molar-refractivity contribution in [2.24, 2.45) is 5.73 Å². The van der Waals surface area contributed by atoms with Crippen LogP contribution in [0.25, 0.3) is 0 Å². The fourth-order valence-corrected chi connectivity index (χ4v) is 2.02. The molecule has 18 heavy (non-hydrogen) atoms. The lowest BCUT2D eigenvalue weighted by Gasteiger charge is -2.06. The summed E-state index contributed by atoms with van der Waals surface area (Å²) in [4.78, 5) is 8.78. The van der Waals surface area contributed by atoms with Gasteiger partial charge < -0.3 is 10.3 Å². The number of rotatable bonds is 4. The second-order valence-electron chi connectivity index (χ2n) is 4.72. The van der Waals surface area contributed by atoms with Crippen molar-refractivity contribution in [3.63, 3.8) is 0 Å². The predicted molar refractivity (Wildman–Crippen MR) is 72.3 cm³/mol. The van der Waals surface area contributed by atoms with Crippen LogP contribution in [-0.2, 0) is 13.0 Å². The van der Waals surface area contributed by atoms with E-state index < -0.39 is 0 Å². The lowest BCUT2D eigenvalue weighted by Crippen LogP contribution is -2.05. The first kappa shape index (κ1) is 12.8. The Hall–Kier alpha value is -1.68. The van der Waals surface area contributed by atoms with Gasteiger partial charge in [-0.1, -0.05) is 13.0 Å². The summed E-state index contributed by atoms with van der Waals surface area (Å²) in [5.74, 6) is 1.07. The van der Waals surface area contributed by atoms with Gasteiger partial charge in [-0.2, -0.15) is 0 Å². The molecule has 1 unspecified atom stereocenters. The molecular weight excluding hydrogens is 224 g/mol. The molecule has 2 aromatic heterocycles. The minimum Gasteiger partial charge on any atom is -0.330 e. The van der Waals surface area contributed by atoms with Gasteiger partial charge in [-0.15, -0.1) is 0 Å². The summed E-state index contributed by atoms with van der Waals surface area (Å²) in [5.41, 5.74) is 9.20. The Labute approximate surface area is 108 Å². The molecule has 0 aliphatic rings. The third-order valence-electron chi connectivity index (χ3n) is 2.95. The van der Waals surface area contributed by atoms with Gasteiger partial charge in [-0.3, -0.25) is 4.98 Å². The van der Waals surface area contributed by atoms with Gasteiger partial charge in [0.1, 0.15) is 5.82 Å². The van der Waals surface area contributed by atoms with E-state index in [4.69, 9.17) is 5.73 Å². The van der Waals surface area contributed by atoms with E-state index in [1.807, 2.05) is 25.5 Å². The number of imidazole rings is 1. The number of aryl methyl sites for hydroxylation is 2. The minimum absolute atomic E-state index is 0.0211. The van der Waals surface area contributed by atoms with E-state index in [1.165, 1.54) is 11.1 Å². The van der Waals surface area contributed by atoms with Gasteiger partial charge in [0.05, 0.1) is 12.2 Å². The Morgan fingerprint density at radius 1 is 1.39 bits per heavy atom. The Morgan fingerprint density at radius 2 is 2.17 bits per heavy atom. The molecule has 0 spiro atoms. The summed E-state index contributed by atoms with van der Waals surface area (Å²) in [6.07, 6.45) is 6.72. The lowest BCUT2D eigenvalue weighted by atomic mass is 10.2. The van der Waals surface area contributed by atoms with Crippen LogP contribution in [0.3, 0.4) is 0 Å². The van der Waals surface area contributed by atoms with Crippen molar-refractivity contribution >= 4 is 0 Å². The van der Waals surface area contributed by atoms with Gasteiger partial charge in [0.2, 0.25) is 0 Å². The van der Waals surface area contributed by atoms with Crippen LogP contribution in [0, 0.1) is 6.92 Å². The third-order valence-corrected chi connectivity index (χ3v) is 2.95. The molecule has 0 fully saturated rings. The van der Waals surface area contributed by atoms with Gasteiger partial charge in [-0.05, 0) is 25.0 Å². The lowest BCUT2D eigenvalue weighted by molar-refractivity contribution is 0.729. The molecule has 0 aliphatic carbocycles. The molecule has 0 saturated carbocycles. The fourth-order valence-electron chi connectivity index (χ4n) is 2.02. The summed E-state index contributed by atoms with van der Waals surface area (Å²) in [5, 5.41) is 0. The van der Waals surface area contributed by atoms with E-state index in [0.29, 0.717) is 0 Å². The highest BCUT2D eigenvalue weighted by Crippen LogP contribution is 2.13. The number of nitrogens with two attached hydrogens (primary N) is 1. The van der Waals surface area contributed by atoms with Crippen LogP contribution in [0.2, 0.25) is 0 Å². The van der Waals surface area contributed by atoms with E-state index in [0.717, 1.165) is 24.5 Å². The summed E-state index contributed by atoms with van der Waals surface area (Å²) < 4.78 is 2.16. The highest BCUT2D eigenvalue weighted by molar-refractivity contribution is 5.18. The molecule has 0 saturated heterocycles. The Kier molecular flexibility index (Phi) is 3.77. The molecule has 1 atom stereocenters. The zero-order chi connectivity index (χ0) is 13.1. The molecule has 0 aromatic carbocycles. The molecule has 96 valence electrons. The van der Waals surface area contributed by atoms with Crippen LogP contribution in [0.15, 0.2) is 24.7 Å². The first-order valence-corrected chi connectivity index (χ1v) is 6.32. The summed E-state index contributed by atoms with van der Waals surface area (Å²) >= 11 is 0. The normalized spacial score (nSPS) is 12.7. The largest absolute Gasteiger partial charge is 0.330 e. The smallest absolute Gasteiger partial charge is 0.109 e. The van der Waals surface area contributed by atoms with Crippen LogP contribution in [0.5, 0.6) is 0 Å². The van der Waals surface area contributed by atoms with E-state index in [1.54, 1.807) is 0 Å². The maximum Gasteiger partial charge on any atom is 0.109 e. The van der Waals surface area contributed by atoms with Gasteiger partial charge in [0.25, 0.3) is 0 Å². The Bertz CT molecular complexity index is 528. The maximum absolute atomic E-state index is 5.88. The molecule has 0 bridgehead atoms. The number of hydrogen-bond acceptors (Lipinski definition) is 3. The average Bonchev–Trinajstić information content (AvgIpc) is 2.72. The molecule has 2 rings (SSSR count). The number of aromatic nitrogens is 3. The van der Waals surface area contributed by atoms with Crippen LogP contribution < -0.4 is 5.73 Å². The molecular formula is C14H20N4. The zero-order valence-corrected chi connectivity index (χ0v) is 11.2. The van der Waals surface area contributed by atoms with E-state index in [2.05, 4.69) is 34.4 Å². The minimum atomic E-state index is -0.0211. The highest BCUT2D eigenvalue weighted by Gasteiger charge is 2.09. The second kappa shape index (κ2) is 5.31. The van der Waals surface area contributed by atoms with Crippen molar-refractivity contribution in [1.29, 1.82) is 0 Å². The summed E-state index contributed by atoms with van der Waals surface area (Å²) in [7, 11) is 0. The van der Waals surface area contributed by atoms with Crippen LogP contribution >= 0.6 is 0 Å². The van der Waals surface area contributed by atoms with Crippen LogP contribution in [0.1, 0.15) is 42.5 Å². The van der Waals surface area contributed by atoms with Crippen molar-refractivity contribution in [2.75, 3.05) is 0 Å². The monoisotopic (exact) mass is 244 g/mol. The van der Waals surface area contributed by atoms with Gasteiger partial charge in [0, 0.05) is 31.1 Å². The molecule has 4 nitrogen and oxygen atoms in total. The second-order valence-corrected chi connectivity index (χ2v) is 4.72. The Morgan fingerprint density at radius 3 is 2.78 bits per heavy atom. The fraction of sp³-hybridized carbons (Fsp3) is 0.429. The van der Waals surface area contributed by atoms with Crippen molar-refractivity contribution in [1.82, 2.24) is 14.5 Å². The predicted octanol–water partition coefficient (Wildman–Crippen LogP) is 2.22. The first-order valence-electron chi connectivity index (χ1n) is 6.32. The van der Waals surface area contributed by atoms with E-state index in [-0.39, 0.29) is 6.04 Å². The van der Waals surface area contributed by atoms with Crippen LogP contribution in [-0.4, -0.2) is 14.5 Å². The van der Waals surface area contributed by atoms with Crippen molar-refractivity contribution in [3.05, 3.63) is 47.3 Å². The molecule has 0 amide bonds. The van der Waals surface area contributed by atoms with Crippen molar-refractivity contribution < 1.29 is 0 Å². The third kappa shape index (κ3) is 2.76. The quantitative estimate of drug-likeness (QED) is 0.897. The van der Waals surface area contributed by atoms with E-state index in [9.17, 15) is 0 Å². The van der Waals surface area contributed by atoms with Gasteiger partial charge in [0.15, 0.2) is 0 Å². The first-order chi connectivity index (χ1) is 8.60. The summed E-state index contributed by atoms with van der Waals surface area (Å²) in [6, 6.07) is 2.13. The Balaban J connectivity index is 2.28. The number of nitrogens with zero attached hydrogens (tertiary/aromatic N) is 3. The maximum atomic E-state index is 5.88. The average molecular weight is 244 g/mol. The van der Waals surface area contributed by atoms with Gasteiger partial charge >= 0.3 is 0 Å². The molecule has 2 N–H and O–H groups in total. The molecule has 0 aliphatic heterocycles. The summed E-state index contributed by atoms with van der Waals surface area (Å²) in [6.45, 7) is 6.93. The van der Waals surface area contributed by atoms with Crippen LogP contribution in [0.4, 0.5) is 0 Å². The topological polar surface area (TPSA) is 56.7 Å². The number of pyridine rings is 1. The molecule has 2 aromatic rings.